The number of aliphatic hydroxyl groups is 4. The topological polar surface area (TPSA) is 118 Å². The van der Waals surface area contributed by atoms with E-state index in [9.17, 15) is 20.4 Å². The van der Waals surface area contributed by atoms with Gasteiger partial charge in [0.1, 0.15) is 18.3 Å². The van der Waals surface area contributed by atoms with E-state index in [0.717, 1.165) is 38.7 Å². The van der Waals surface area contributed by atoms with Gasteiger partial charge in [0.15, 0.2) is 12.1 Å². The first-order chi connectivity index (χ1) is 19.4. The van der Waals surface area contributed by atoms with E-state index in [1.54, 1.807) is 6.92 Å². The number of ether oxygens (including phenoxy) is 4. The molecule has 3 saturated carbocycles. The Balaban J connectivity index is 1.15. The van der Waals surface area contributed by atoms with Crippen LogP contribution in [-0.4, -0.2) is 81.8 Å². The molecule has 7 aliphatic rings. The molecular formula is C33H52O8. The Morgan fingerprint density at radius 1 is 0.927 bits per heavy atom. The predicted octanol–water partition coefficient (Wildman–Crippen LogP) is 3.54. The predicted molar refractivity (Wildman–Crippen MR) is 150 cm³/mol. The average Bonchev–Trinajstić information content (AvgIpc) is 3.38. The highest BCUT2D eigenvalue weighted by Crippen LogP contribution is 2.70. The molecule has 8 heteroatoms. The monoisotopic (exact) mass is 576 g/mol. The number of fused-ring (bicyclic) bond motifs is 7. The molecule has 4 N–H and O–H groups in total. The summed E-state index contributed by atoms with van der Waals surface area (Å²) in [6.07, 6.45) is 3.78. The Kier molecular flexibility index (Phi) is 7.08. The van der Waals surface area contributed by atoms with Gasteiger partial charge in [-0.2, -0.15) is 0 Å². The average molecular weight is 577 g/mol. The summed E-state index contributed by atoms with van der Waals surface area (Å²) in [7, 11) is 0. The summed E-state index contributed by atoms with van der Waals surface area (Å²) in [6, 6.07) is 0. The minimum Gasteiger partial charge on any atom is -0.393 e. The molecule has 41 heavy (non-hydrogen) atoms. The highest BCUT2D eigenvalue weighted by Gasteiger charge is 2.69. The Labute approximate surface area is 244 Å². The first-order valence-electron chi connectivity index (χ1n) is 16.4. The van der Waals surface area contributed by atoms with Gasteiger partial charge in [0, 0.05) is 24.2 Å². The van der Waals surface area contributed by atoms with Crippen LogP contribution in [-0.2, 0) is 18.9 Å². The fraction of sp³-hybridized carbons (Fsp3) is 0.939. The molecule has 0 aromatic carbocycles. The van der Waals surface area contributed by atoms with Crippen molar-refractivity contribution in [3.63, 3.8) is 0 Å². The second-order valence-corrected chi connectivity index (χ2v) is 15.5. The molecule has 0 unspecified atom stereocenters. The molecule has 0 aromatic rings. The minimum atomic E-state index is -1.35. The summed E-state index contributed by atoms with van der Waals surface area (Å²) in [4.78, 5) is 0. The van der Waals surface area contributed by atoms with Crippen LogP contribution < -0.4 is 0 Å². The molecule has 4 aliphatic carbocycles. The van der Waals surface area contributed by atoms with Crippen molar-refractivity contribution in [1.82, 2.24) is 0 Å². The third-order valence-electron chi connectivity index (χ3n) is 13.5. The standard InChI is InChI=1S/C33H52O8/c1-16-8-11-33(38-15-16)17(2)26-24(41-33)14-23-21-7-6-19-12-20(34)13-25(32(19,5)22(21)9-10-31(23,26)4)40-30-29(37)28(36)27(35)18(3)39-30/h6,16-18,20-30,34-37H,7-15H2,1-5H3/t16-,17-,18-,20+,21-,22-,23-,24-,25+,26-,27-,28+,29+,30-,31-,32-,33+/m0/s1. The molecule has 8 nitrogen and oxygen atoms in total. The molecule has 3 aliphatic heterocycles. The number of aliphatic hydroxyl groups excluding tert-OH is 4. The molecule has 0 amide bonds. The maximum Gasteiger partial charge on any atom is 0.186 e. The van der Waals surface area contributed by atoms with Gasteiger partial charge in [-0.3, -0.25) is 0 Å². The lowest BCUT2D eigenvalue weighted by Crippen LogP contribution is -2.61. The summed E-state index contributed by atoms with van der Waals surface area (Å²) in [5.74, 6) is 2.51. The van der Waals surface area contributed by atoms with Gasteiger partial charge >= 0.3 is 0 Å². The van der Waals surface area contributed by atoms with Gasteiger partial charge in [0.05, 0.1) is 31.0 Å². The van der Waals surface area contributed by atoms with E-state index in [4.69, 9.17) is 18.9 Å². The van der Waals surface area contributed by atoms with E-state index in [-0.39, 0.29) is 23.0 Å². The smallest absolute Gasteiger partial charge is 0.186 e. The van der Waals surface area contributed by atoms with Crippen LogP contribution in [0.2, 0.25) is 0 Å². The number of hydrogen-bond donors (Lipinski definition) is 4. The van der Waals surface area contributed by atoms with Crippen LogP contribution in [0.5, 0.6) is 0 Å². The Bertz CT molecular complexity index is 1040. The molecule has 0 aromatic heterocycles. The zero-order chi connectivity index (χ0) is 29.1. The third-order valence-corrected chi connectivity index (χ3v) is 13.5. The van der Waals surface area contributed by atoms with Crippen LogP contribution in [0, 0.1) is 46.3 Å². The molecule has 3 heterocycles. The fourth-order valence-corrected chi connectivity index (χ4v) is 11.2. The summed E-state index contributed by atoms with van der Waals surface area (Å²) in [5, 5.41) is 42.3. The second-order valence-electron chi connectivity index (χ2n) is 15.5. The van der Waals surface area contributed by atoms with Gasteiger partial charge in [-0.15, -0.1) is 0 Å². The van der Waals surface area contributed by atoms with Crippen LogP contribution in [0.15, 0.2) is 11.6 Å². The highest BCUT2D eigenvalue weighted by atomic mass is 16.7. The van der Waals surface area contributed by atoms with Gasteiger partial charge in [-0.1, -0.05) is 39.3 Å². The van der Waals surface area contributed by atoms with Crippen LogP contribution in [0.4, 0.5) is 0 Å². The third kappa shape index (κ3) is 4.14. The summed E-state index contributed by atoms with van der Waals surface area (Å²) in [6.45, 7) is 12.0. The quantitative estimate of drug-likeness (QED) is 0.369. The largest absolute Gasteiger partial charge is 0.393 e. The number of allylic oxidation sites excluding steroid dienone is 1. The Hall–Kier alpha value is -0.580. The van der Waals surface area contributed by atoms with Gasteiger partial charge in [0.2, 0.25) is 0 Å². The van der Waals surface area contributed by atoms with Gasteiger partial charge < -0.3 is 39.4 Å². The molecule has 1 spiro atoms. The lowest BCUT2D eigenvalue weighted by atomic mass is 9.46. The van der Waals surface area contributed by atoms with E-state index in [0.29, 0.717) is 48.3 Å². The first kappa shape index (κ1) is 29.1. The lowest BCUT2D eigenvalue weighted by Gasteiger charge is -2.60. The van der Waals surface area contributed by atoms with Crippen LogP contribution in [0.25, 0.3) is 0 Å². The normalized spacial score (nSPS) is 60.2. The maximum atomic E-state index is 10.9. The van der Waals surface area contributed by atoms with E-state index in [1.807, 2.05) is 0 Å². The van der Waals surface area contributed by atoms with E-state index in [2.05, 4.69) is 33.8 Å². The van der Waals surface area contributed by atoms with E-state index >= 15 is 0 Å². The SMILES string of the molecule is C[C@H]1CC[C@@]2(OC1)O[C@H]1C[C@H]3[C@H]4CC=C5C[C@@H](O)C[C@@H](O[C@@H]6O[C@@H](C)[C@H](O)[C@@H](O)[C@H]6O)[C@]5(C)[C@H]4CC[C@]3(C)[C@H]1[C@@H]2C. The van der Waals surface area contributed by atoms with Crippen molar-refractivity contribution in [2.24, 2.45) is 46.3 Å². The van der Waals surface area contributed by atoms with Crippen molar-refractivity contribution in [1.29, 1.82) is 0 Å². The summed E-state index contributed by atoms with van der Waals surface area (Å²) < 4.78 is 25.9. The van der Waals surface area contributed by atoms with Crippen LogP contribution >= 0.6 is 0 Å². The molecule has 17 atom stereocenters. The second kappa shape index (κ2) is 9.96. The summed E-state index contributed by atoms with van der Waals surface area (Å²) >= 11 is 0. The van der Waals surface area contributed by atoms with Crippen molar-refractivity contribution in [2.45, 2.75) is 141 Å². The molecule has 0 radical (unpaired) electrons. The van der Waals surface area contributed by atoms with Gasteiger partial charge in [-0.05, 0) is 80.5 Å². The fourth-order valence-electron chi connectivity index (χ4n) is 11.2. The zero-order valence-corrected chi connectivity index (χ0v) is 25.4. The highest BCUT2D eigenvalue weighted by molar-refractivity contribution is 5.28. The van der Waals surface area contributed by atoms with Crippen molar-refractivity contribution < 1.29 is 39.4 Å². The molecule has 6 fully saturated rings. The number of hydrogen-bond acceptors (Lipinski definition) is 8. The molecular weight excluding hydrogens is 524 g/mol. The van der Waals surface area contributed by atoms with Crippen molar-refractivity contribution in [2.75, 3.05) is 6.61 Å². The van der Waals surface area contributed by atoms with Gasteiger partial charge in [-0.25, -0.2) is 0 Å². The molecule has 0 bridgehead atoms. The zero-order valence-electron chi connectivity index (χ0n) is 25.4. The molecule has 3 saturated heterocycles. The van der Waals surface area contributed by atoms with Crippen LogP contribution in [0.1, 0.15) is 86.0 Å². The molecule has 7 rings (SSSR count). The first-order valence-corrected chi connectivity index (χ1v) is 16.4. The number of rotatable bonds is 2. The minimum absolute atomic E-state index is 0.200. The van der Waals surface area contributed by atoms with Crippen molar-refractivity contribution in [3.8, 4) is 0 Å². The maximum absolute atomic E-state index is 10.9. The summed E-state index contributed by atoms with van der Waals surface area (Å²) in [5.41, 5.74) is 1.16. The van der Waals surface area contributed by atoms with Gasteiger partial charge in [0.25, 0.3) is 0 Å². The Morgan fingerprint density at radius 2 is 1.71 bits per heavy atom. The van der Waals surface area contributed by atoms with E-state index in [1.165, 1.54) is 12.0 Å². The van der Waals surface area contributed by atoms with Crippen molar-refractivity contribution >= 4 is 0 Å². The Morgan fingerprint density at radius 3 is 2.44 bits per heavy atom. The van der Waals surface area contributed by atoms with Crippen LogP contribution in [0.3, 0.4) is 0 Å². The lowest BCUT2D eigenvalue weighted by molar-refractivity contribution is -0.318. The van der Waals surface area contributed by atoms with E-state index < -0.39 is 42.6 Å². The van der Waals surface area contributed by atoms with Crippen molar-refractivity contribution in [3.05, 3.63) is 11.6 Å². The molecule has 232 valence electrons.